The third kappa shape index (κ3) is 7.72. The second-order valence-corrected chi connectivity index (χ2v) is 13.0. The van der Waals surface area contributed by atoms with Crippen LogP contribution in [0.25, 0.3) is 10.8 Å². The van der Waals surface area contributed by atoms with Crippen molar-refractivity contribution in [3.8, 4) is 0 Å². The average molecular weight is 606 g/mol. The lowest BCUT2D eigenvalue weighted by Crippen LogP contribution is -2.57. The van der Waals surface area contributed by atoms with Crippen LogP contribution in [-0.4, -0.2) is 40.5 Å². The molecule has 0 heterocycles. The summed E-state index contributed by atoms with van der Waals surface area (Å²) in [5.41, 5.74) is 3.56. The van der Waals surface area contributed by atoms with Crippen LogP contribution in [0.2, 0.25) is 0 Å². The number of anilines is 1. The number of benzene rings is 4. The van der Waals surface area contributed by atoms with E-state index in [-0.39, 0.29) is 24.3 Å². The molecule has 0 saturated heterocycles. The molecule has 0 aromatic heterocycles. The smallest absolute Gasteiger partial charge is 0.408 e. The Kier molecular flexibility index (Phi) is 9.57. The molecule has 1 aliphatic carbocycles. The van der Waals surface area contributed by atoms with Crippen LogP contribution in [0.4, 0.5) is 10.5 Å². The number of hydrogen-bond donors (Lipinski definition) is 2. The Morgan fingerprint density at radius 2 is 1.56 bits per heavy atom. The minimum atomic E-state index is -0.941. The Hall–Kier alpha value is -4.65. The number of ether oxygens (including phenoxy) is 1. The van der Waals surface area contributed by atoms with Crippen molar-refractivity contribution >= 4 is 34.4 Å². The lowest BCUT2D eigenvalue weighted by Gasteiger charge is -2.44. The fourth-order valence-electron chi connectivity index (χ4n) is 5.83. The number of amides is 3. The van der Waals surface area contributed by atoms with Gasteiger partial charge in [0.25, 0.3) is 5.91 Å². The number of fused-ring (bicyclic) bond motifs is 1. The minimum absolute atomic E-state index is 0.150. The van der Waals surface area contributed by atoms with Gasteiger partial charge in [-0.15, -0.1) is 0 Å². The topological polar surface area (TPSA) is 87.7 Å². The van der Waals surface area contributed by atoms with E-state index in [0.717, 1.165) is 52.3 Å². The molecule has 2 N–H and O–H groups in total. The lowest BCUT2D eigenvalue weighted by molar-refractivity contribution is -0.145. The zero-order valence-corrected chi connectivity index (χ0v) is 26.8. The van der Waals surface area contributed by atoms with Crippen LogP contribution in [0.5, 0.6) is 0 Å². The summed E-state index contributed by atoms with van der Waals surface area (Å²) in [5.74, 6) is -0.607. The van der Waals surface area contributed by atoms with Crippen LogP contribution in [0, 0.1) is 13.8 Å². The van der Waals surface area contributed by atoms with Crippen LogP contribution in [-0.2, 0) is 20.7 Å². The van der Waals surface area contributed by atoms with Crippen molar-refractivity contribution in [3.63, 3.8) is 0 Å². The molecule has 1 fully saturated rings. The van der Waals surface area contributed by atoms with Gasteiger partial charge < -0.3 is 20.3 Å². The van der Waals surface area contributed by atoms with Crippen LogP contribution in [0.1, 0.15) is 68.3 Å². The third-order valence-electron chi connectivity index (χ3n) is 8.48. The van der Waals surface area contributed by atoms with Gasteiger partial charge in [-0.2, -0.15) is 0 Å². The van der Waals surface area contributed by atoms with Gasteiger partial charge in [0.05, 0.1) is 0 Å². The van der Waals surface area contributed by atoms with E-state index < -0.39 is 23.8 Å². The van der Waals surface area contributed by atoms with E-state index in [0.29, 0.717) is 5.69 Å². The van der Waals surface area contributed by atoms with Crippen molar-refractivity contribution < 1.29 is 19.1 Å². The first-order chi connectivity index (χ1) is 21.5. The van der Waals surface area contributed by atoms with Gasteiger partial charge in [0.1, 0.15) is 17.7 Å². The summed E-state index contributed by atoms with van der Waals surface area (Å²) >= 11 is 0. The van der Waals surface area contributed by atoms with Crippen LogP contribution in [0.15, 0.2) is 91.0 Å². The molecule has 234 valence electrons. The fraction of sp³-hybridized carbons (Fsp3) is 0.342. The van der Waals surface area contributed by atoms with E-state index >= 15 is 0 Å². The highest BCUT2D eigenvalue weighted by Crippen LogP contribution is 2.36. The zero-order valence-electron chi connectivity index (χ0n) is 26.8. The van der Waals surface area contributed by atoms with Crippen molar-refractivity contribution in [2.24, 2.45) is 0 Å². The van der Waals surface area contributed by atoms with Gasteiger partial charge in [-0.05, 0) is 99.0 Å². The van der Waals surface area contributed by atoms with Crippen LogP contribution < -0.4 is 10.6 Å². The second-order valence-electron chi connectivity index (χ2n) is 13.0. The number of rotatable bonds is 9. The normalized spacial score (nSPS) is 14.6. The molecule has 4 aromatic carbocycles. The summed E-state index contributed by atoms with van der Waals surface area (Å²) < 4.78 is 5.58. The highest BCUT2D eigenvalue weighted by atomic mass is 16.6. The van der Waals surface area contributed by atoms with Crippen LogP contribution >= 0.6 is 0 Å². The van der Waals surface area contributed by atoms with Gasteiger partial charge in [-0.1, -0.05) is 78.9 Å². The summed E-state index contributed by atoms with van der Waals surface area (Å²) in [6.45, 7) is 9.36. The minimum Gasteiger partial charge on any atom is -0.444 e. The summed E-state index contributed by atoms with van der Waals surface area (Å²) in [4.78, 5) is 44.1. The van der Waals surface area contributed by atoms with E-state index in [9.17, 15) is 14.4 Å². The molecule has 1 saturated carbocycles. The van der Waals surface area contributed by atoms with E-state index in [4.69, 9.17) is 4.74 Å². The molecule has 7 heteroatoms. The number of alkyl carbamates (subject to hydrolysis) is 1. The maximum atomic E-state index is 14.8. The Bertz CT molecular complexity index is 1670. The second kappa shape index (κ2) is 13.6. The van der Waals surface area contributed by atoms with E-state index in [1.54, 1.807) is 25.7 Å². The highest BCUT2D eigenvalue weighted by molar-refractivity contribution is 6.00. The molecule has 0 spiro atoms. The Morgan fingerprint density at radius 3 is 2.22 bits per heavy atom. The van der Waals surface area contributed by atoms with Crippen molar-refractivity contribution in [1.82, 2.24) is 10.2 Å². The number of nitrogens with zero attached hydrogens (tertiary/aromatic N) is 1. The maximum Gasteiger partial charge on any atom is 0.408 e. The molecular weight excluding hydrogens is 562 g/mol. The average Bonchev–Trinajstić information content (AvgIpc) is 2.97. The number of aryl methyl sites for hydroxylation is 1. The quantitative estimate of drug-likeness (QED) is 0.205. The van der Waals surface area contributed by atoms with Gasteiger partial charge in [-0.25, -0.2) is 4.79 Å². The molecule has 2 atom stereocenters. The van der Waals surface area contributed by atoms with Crippen molar-refractivity contribution in [2.45, 2.75) is 84.0 Å². The predicted molar refractivity (Wildman–Crippen MR) is 179 cm³/mol. The molecule has 2 unspecified atom stereocenters. The zero-order chi connectivity index (χ0) is 32.1. The Balaban J connectivity index is 1.56. The first-order valence-electron chi connectivity index (χ1n) is 15.7. The van der Waals surface area contributed by atoms with Crippen molar-refractivity contribution in [2.75, 3.05) is 5.32 Å². The summed E-state index contributed by atoms with van der Waals surface area (Å²) in [7, 11) is 0. The summed E-state index contributed by atoms with van der Waals surface area (Å²) in [6, 6.07) is 27.3. The first kappa shape index (κ1) is 31.8. The lowest BCUT2D eigenvalue weighted by atomic mass is 9.86. The van der Waals surface area contributed by atoms with E-state index in [1.807, 2.05) is 105 Å². The molecule has 45 heavy (non-hydrogen) atoms. The molecule has 0 radical (unpaired) electrons. The highest BCUT2D eigenvalue weighted by Gasteiger charge is 2.42. The summed E-state index contributed by atoms with van der Waals surface area (Å²) in [6.07, 6.45) is 2.10. The Morgan fingerprint density at radius 1 is 0.867 bits per heavy atom. The number of nitrogens with one attached hydrogen (secondary N) is 2. The predicted octanol–water partition coefficient (Wildman–Crippen LogP) is 7.65. The maximum absolute atomic E-state index is 14.8. The number of carbonyl (C=O) groups excluding carboxylic acids is 3. The molecule has 5 rings (SSSR count). The van der Waals surface area contributed by atoms with E-state index in [2.05, 4.69) is 10.6 Å². The van der Waals surface area contributed by atoms with Gasteiger partial charge in [-0.3, -0.25) is 9.59 Å². The van der Waals surface area contributed by atoms with Gasteiger partial charge in [0.2, 0.25) is 5.91 Å². The van der Waals surface area contributed by atoms with E-state index in [1.165, 1.54) is 0 Å². The van der Waals surface area contributed by atoms with Gasteiger partial charge >= 0.3 is 6.09 Å². The first-order valence-corrected chi connectivity index (χ1v) is 15.7. The van der Waals surface area contributed by atoms with Crippen molar-refractivity contribution in [3.05, 3.63) is 113 Å². The Labute approximate surface area is 266 Å². The largest absolute Gasteiger partial charge is 0.444 e. The molecule has 0 bridgehead atoms. The van der Waals surface area contributed by atoms with Gasteiger partial charge in [0, 0.05) is 18.2 Å². The SMILES string of the molecule is Cc1cccc(C(C(=O)Nc2ccc3ccccc3c2)N(C(=O)C(Cc2ccccc2)NC(=O)OC(C)(C)C)C2CCC2)c1C. The number of hydrogen-bond acceptors (Lipinski definition) is 4. The van der Waals surface area contributed by atoms with Gasteiger partial charge in [0.15, 0.2) is 0 Å². The molecule has 3 amide bonds. The third-order valence-corrected chi connectivity index (χ3v) is 8.48. The summed E-state index contributed by atoms with van der Waals surface area (Å²) in [5, 5.41) is 8.08. The van der Waals surface area contributed by atoms with Crippen molar-refractivity contribution in [1.29, 1.82) is 0 Å². The monoisotopic (exact) mass is 605 g/mol. The molecule has 1 aliphatic rings. The molecule has 0 aliphatic heterocycles. The molecule has 7 nitrogen and oxygen atoms in total. The molecular formula is C38H43N3O4. The van der Waals surface area contributed by atoms with Crippen LogP contribution in [0.3, 0.4) is 0 Å². The molecule has 4 aromatic rings. The number of carbonyl (C=O) groups is 3. The standard InChI is InChI=1S/C38H43N3O4/c1-25-13-11-20-32(26(25)2)34(35(42)39-30-22-21-28-16-9-10-17-29(28)24-30)41(31-18-12-19-31)36(43)33(23-27-14-7-6-8-15-27)40-37(44)45-38(3,4)5/h6-11,13-17,20-22,24,31,33-34H,12,18-19,23H2,1-5H3,(H,39,42)(H,40,44). The fourth-order valence-corrected chi connectivity index (χ4v) is 5.83.